The van der Waals surface area contributed by atoms with Gasteiger partial charge in [-0.15, -0.1) is 22.7 Å². The number of hydrogen-bond donors (Lipinski definition) is 1. The van der Waals surface area contributed by atoms with Crippen LogP contribution in [0.3, 0.4) is 0 Å². The Balaban J connectivity index is 1.76. The number of thiophene rings is 2. The summed E-state index contributed by atoms with van der Waals surface area (Å²) in [6, 6.07) is 9.15. The highest BCUT2D eigenvalue weighted by Gasteiger charge is 2.03. The highest BCUT2D eigenvalue weighted by atomic mass is 32.1. The molecule has 0 aliphatic carbocycles. The van der Waals surface area contributed by atoms with E-state index in [1.807, 2.05) is 22.7 Å². The van der Waals surface area contributed by atoms with E-state index in [4.69, 9.17) is 0 Å². The molecular weight excluding hydrogens is 222 g/mol. The van der Waals surface area contributed by atoms with Crippen molar-refractivity contribution in [3.05, 3.63) is 44.8 Å². The molecule has 1 N–H and O–H groups in total. The second-order valence-electron chi connectivity index (χ2n) is 3.64. The summed E-state index contributed by atoms with van der Waals surface area (Å²) in [5.74, 6) is 0. The van der Waals surface area contributed by atoms with Gasteiger partial charge in [0, 0.05) is 22.3 Å². The van der Waals surface area contributed by atoms with E-state index in [0.29, 0.717) is 6.04 Å². The van der Waals surface area contributed by atoms with Crippen LogP contribution in [0.5, 0.6) is 0 Å². The van der Waals surface area contributed by atoms with Gasteiger partial charge < -0.3 is 5.32 Å². The van der Waals surface area contributed by atoms with E-state index < -0.39 is 0 Å². The summed E-state index contributed by atoms with van der Waals surface area (Å²) < 4.78 is 0. The maximum absolute atomic E-state index is 3.54. The van der Waals surface area contributed by atoms with Crippen molar-refractivity contribution >= 4 is 22.7 Å². The maximum Gasteiger partial charge on any atom is 0.0302 e. The fourth-order valence-electron chi connectivity index (χ4n) is 1.49. The van der Waals surface area contributed by atoms with E-state index in [1.54, 1.807) is 0 Å². The lowest BCUT2D eigenvalue weighted by atomic mass is 10.2. The molecule has 0 aromatic carbocycles. The van der Waals surface area contributed by atoms with Crippen molar-refractivity contribution < 1.29 is 0 Å². The van der Waals surface area contributed by atoms with Gasteiger partial charge in [-0.05, 0) is 36.2 Å². The number of rotatable bonds is 5. The summed E-state index contributed by atoms with van der Waals surface area (Å²) in [7, 11) is 0. The molecule has 80 valence electrons. The standard InChI is InChI=1S/C12H15NS2/c1-10(8-11-4-2-6-14-11)13-9-12-5-3-7-15-12/h2-7,10,13H,8-9H2,1H3. The van der Waals surface area contributed by atoms with Gasteiger partial charge in [0.15, 0.2) is 0 Å². The smallest absolute Gasteiger partial charge is 0.0302 e. The largest absolute Gasteiger partial charge is 0.309 e. The molecule has 0 saturated carbocycles. The van der Waals surface area contributed by atoms with Crippen LogP contribution < -0.4 is 5.32 Å². The molecule has 3 heteroatoms. The van der Waals surface area contributed by atoms with Crippen molar-refractivity contribution in [1.82, 2.24) is 5.32 Å². The van der Waals surface area contributed by atoms with E-state index in [-0.39, 0.29) is 0 Å². The fourth-order valence-corrected chi connectivity index (χ4v) is 2.98. The molecule has 1 unspecified atom stereocenters. The van der Waals surface area contributed by atoms with Crippen LogP contribution in [0.1, 0.15) is 16.7 Å². The minimum Gasteiger partial charge on any atom is -0.309 e. The summed E-state index contributed by atoms with van der Waals surface area (Å²) >= 11 is 3.65. The molecule has 2 aromatic rings. The van der Waals surface area contributed by atoms with Gasteiger partial charge in [-0.25, -0.2) is 0 Å². The van der Waals surface area contributed by atoms with Crippen LogP contribution in [0.4, 0.5) is 0 Å². The SMILES string of the molecule is CC(Cc1cccs1)NCc1cccs1. The average Bonchev–Trinajstić information content (AvgIpc) is 2.86. The topological polar surface area (TPSA) is 12.0 Å². The van der Waals surface area contributed by atoms with Crippen molar-refractivity contribution in [2.75, 3.05) is 0 Å². The van der Waals surface area contributed by atoms with Crippen LogP contribution >= 0.6 is 22.7 Å². The molecule has 2 heterocycles. The van der Waals surface area contributed by atoms with Crippen molar-refractivity contribution in [2.45, 2.75) is 25.9 Å². The van der Waals surface area contributed by atoms with Crippen LogP contribution in [0.2, 0.25) is 0 Å². The van der Waals surface area contributed by atoms with Crippen molar-refractivity contribution in [1.29, 1.82) is 0 Å². The third-order valence-corrected chi connectivity index (χ3v) is 4.07. The lowest BCUT2D eigenvalue weighted by Crippen LogP contribution is -2.26. The molecule has 0 bridgehead atoms. The second kappa shape index (κ2) is 5.45. The Kier molecular flexibility index (Phi) is 3.94. The minimum absolute atomic E-state index is 0.547. The average molecular weight is 237 g/mol. The van der Waals surface area contributed by atoms with Crippen molar-refractivity contribution in [3.8, 4) is 0 Å². The van der Waals surface area contributed by atoms with Gasteiger partial charge in [0.25, 0.3) is 0 Å². The lowest BCUT2D eigenvalue weighted by Gasteiger charge is -2.11. The quantitative estimate of drug-likeness (QED) is 0.839. The van der Waals surface area contributed by atoms with E-state index in [2.05, 4.69) is 47.3 Å². The zero-order valence-electron chi connectivity index (χ0n) is 8.77. The first-order chi connectivity index (χ1) is 7.34. The second-order valence-corrected chi connectivity index (χ2v) is 5.71. The third kappa shape index (κ3) is 3.45. The van der Waals surface area contributed by atoms with Gasteiger partial charge in [-0.1, -0.05) is 12.1 Å². The minimum atomic E-state index is 0.547. The van der Waals surface area contributed by atoms with Gasteiger partial charge in [0.1, 0.15) is 0 Å². The monoisotopic (exact) mass is 237 g/mol. The highest BCUT2D eigenvalue weighted by molar-refractivity contribution is 7.10. The summed E-state index contributed by atoms with van der Waals surface area (Å²) in [4.78, 5) is 2.87. The Morgan fingerprint density at radius 2 is 1.80 bits per heavy atom. The van der Waals surface area contributed by atoms with E-state index in [9.17, 15) is 0 Å². The summed E-state index contributed by atoms with van der Waals surface area (Å²) in [6.07, 6.45) is 1.13. The van der Waals surface area contributed by atoms with Crippen LogP contribution in [0.25, 0.3) is 0 Å². The molecule has 0 spiro atoms. The van der Waals surface area contributed by atoms with Gasteiger partial charge >= 0.3 is 0 Å². The normalized spacial score (nSPS) is 12.9. The molecule has 1 nitrogen and oxygen atoms in total. The Morgan fingerprint density at radius 3 is 2.40 bits per heavy atom. The van der Waals surface area contributed by atoms with Crippen LogP contribution in [0, 0.1) is 0 Å². The first-order valence-electron chi connectivity index (χ1n) is 5.13. The summed E-state index contributed by atoms with van der Waals surface area (Å²) in [5.41, 5.74) is 0. The van der Waals surface area contributed by atoms with Crippen molar-refractivity contribution in [3.63, 3.8) is 0 Å². The van der Waals surface area contributed by atoms with Gasteiger partial charge in [-0.3, -0.25) is 0 Å². The summed E-state index contributed by atoms with van der Waals surface area (Å²) in [5, 5.41) is 7.81. The predicted octanol–water partition coefficient (Wildman–Crippen LogP) is 3.53. The van der Waals surface area contributed by atoms with Gasteiger partial charge in [-0.2, -0.15) is 0 Å². The fraction of sp³-hybridized carbons (Fsp3) is 0.333. The Hall–Kier alpha value is -0.640. The molecule has 1 atom stereocenters. The predicted molar refractivity (Wildman–Crippen MR) is 68.6 cm³/mol. The molecule has 0 aliphatic heterocycles. The molecular formula is C12H15NS2. The molecule has 0 fully saturated rings. The molecule has 2 rings (SSSR count). The molecule has 2 aromatic heterocycles. The zero-order valence-corrected chi connectivity index (χ0v) is 10.4. The molecule has 0 amide bonds. The first-order valence-corrected chi connectivity index (χ1v) is 6.88. The molecule has 0 aliphatic rings. The van der Waals surface area contributed by atoms with Gasteiger partial charge in [0.2, 0.25) is 0 Å². The Labute approximate surface area is 98.8 Å². The van der Waals surface area contributed by atoms with Gasteiger partial charge in [0.05, 0.1) is 0 Å². The highest BCUT2D eigenvalue weighted by Crippen LogP contribution is 2.12. The molecule has 0 radical (unpaired) electrons. The molecule has 15 heavy (non-hydrogen) atoms. The van der Waals surface area contributed by atoms with E-state index in [1.165, 1.54) is 9.75 Å². The number of nitrogens with one attached hydrogen (secondary N) is 1. The lowest BCUT2D eigenvalue weighted by molar-refractivity contribution is 0.552. The zero-order chi connectivity index (χ0) is 10.5. The maximum atomic E-state index is 3.54. The molecule has 0 saturated heterocycles. The van der Waals surface area contributed by atoms with Crippen LogP contribution in [-0.4, -0.2) is 6.04 Å². The summed E-state index contributed by atoms with van der Waals surface area (Å²) in [6.45, 7) is 3.23. The third-order valence-electron chi connectivity index (χ3n) is 2.29. The van der Waals surface area contributed by atoms with E-state index >= 15 is 0 Å². The van der Waals surface area contributed by atoms with Crippen molar-refractivity contribution in [2.24, 2.45) is 0 Å². The number of hydrogen-bond acceptors (Lipinski definition) is 3. The van der Waals surface area contributed by atoms with Crippen LogP contribution in [-0.2, 0) is 13.0 Å². The van der Waals surface area contributed by atoms with Crippen LogP contribution in [0.15, 0.2) is 35.0 Å². The Morgan fingerprint density at radius 1 is 1.13 bits per heavy atom. The Bertz CT molecular complexity index is 364. The van der Waals surface area contributed by atoms with E-state index in [0.717, 1.165) is 13.0 Å². The first kappa shape index (κ1) is 10.9.